The fourth-order valence-corrected chi connectivity index (χ4v) is 16.0. The van der Waals surface area contributed by atoms with Gasteiger partial charge >= 0.3 is 0 Å². The van der Waals surface area contributed by atoms with Crippen LogP contribution in [0.15, 0.2) is 152 Å². The Morgan fingerprint density at radius 2 is 1.13 bits per heavy atom. The number of hydrogen-bond acceptors (Lipinski definition) is 1. The zero-order valence-electron chi connectivity index (χ0n) is 35.4. The summed E-state index contributed by atoms with van der Waals surface area (Å²) >= 11 is 0. The Morgan fingerprint density at radius 3 is 1.95 bits per heavy atom. The maximum Gasteiger partial charge on any atom is 0.0502 e. The van der Waals surface area contributed by atoms with E-state index in [1.165, 1.54) is 104 Å². The van der Waals surface area contributed by atoms with Crippen LogP contribution in [-0.4, -0.2) is 0 Å². The van der Waals surface area contributed by atoms with E-state index in [4.69, 9.17) is 0 Å². The molecular formula is C59H53N. The molecule has 0 aliphatic heterocycles. The largest absolute Gasteiger partial charge is 0.310 e. The highest BCUT2D eigenvalue weighted by molar-refractivity contribution is 5.90. The fourth-order valence-electron chi connectivity index (χ4n) is 16.0. The number of rotatable bonds is 5. The molecule has 0 aromatic heterocycles. The summed E-state index contributed by atoms with van der Waals surface area (Å²) in [5, 5.41) is 2.56. The number of fused-ring (bicyclic) bond motifs is 12. The summed E-state index contributed by atoms with van der Waals surface area (Å²) < 4.78 is 0. The Morgan fingerprint density at radius 1 is 0.500 bits per heavy atom. The van der Waals surface area contributed by atoms with Gasteiger partial charge in [0.05, 0.1) is 5.69 Å². The molecule has 0 amide bonds. The molecule has 0 heterocycles. The highest BCUT2D eigenvalue weighted by Gasteiger charge is 2.91. The van der Waals surface area contributed by atoms with E-state index in [2.05, 4.69) is 184 Å². The van der Waals surface area contributed by atoms with Crippen molar-refractivity contribution < 1.29 is 0 Å². The molecule has 5 fully saturated rings. The van der Waals surface area contributed by atoms with Crippen LogP contribution in [0, 0.1) is 40.9 Å². The van der Waals surface area contributed by atoms with Crippen LogP contribution in [0.3, 0.4) is 0 Å². The Balaban J connectivity index is 0.892. The van der Waals surface area contributed by atoms with Crippen molar-refractivity contribution in [3.63, 3.8) is 0 Å². The van der Waals surface area contributed by atoms with Gasteiger partial charge in [-0.3, -0.25) is 0 Å². The molecule has 1 heteroatoms. The molecule has 2 bridgehead atoms. The van der Waals surface area contributed by atoms with Crippen LogP contribution in [0.1, 0.15) is 82.1 Å². The highest BCUT2D eigenvalue weighted by atomic mass is 15.1. The minimum Gasteiger partial charge on any atom is -0.310 e. The second kappa shape index (κ2) is 11.3. The number of hydrogen-bond donors (Lipinski definition) is 0. The number of benzene rings is 7. The van der Waals surface area contributed by atoms with E-state index in [0.29, 0.717) is 5.41 Å². The molecule has 294 valence electrons. The average Bonchev–Trinajstić information content (AvgIpc) is 3.47. The molecule has 7 aliphatic rings. The van der Waals surface area contributed by atoms with Gasteiger partial charge < -0.3 is 4.90 Å². The van der Waals surface area contributed by atoms with Crippen molar-refractivity contribution >= 4 is 27.8 Å². The lowest BCUT2D eigenvalue weighted by atomic mass is 9.37. The van der Waals surface area contributed by atoms with Crippen LogP contribution < -0.4 is 4.90 Å². The van der Waals surface area contributed by atoms with Gasteiger partial charge in [0.2, 0.25) is 0 Å². The molecule has 0 N–H and O–H groups in total. The van der Waals surface area contributed by atoms with Gasteiger partial charge in [0.1, 0.15) is 0 Å². The summed E-state index contributed by atoms with van der Waals surface area (Å²) in [7, 11) is 0. The first-order valence-corrected chi connectivity index (χ1v) is 23.1. The average molecular weight is 776 g/mol. The molecular weight excluding hydrogens is 723 g/mol. The summed E-state index contributed by atoms with van der Waals surface area (Å²) in [5.74, 6) is 5.85. The van der Waals surface area contributed by atoms with Crippen LogP contribution in [0.4, 0.5) is 17.1 Å². The lowest BCUT2D eigenvalue weighted by Crippen LogP contribution is -2.64. The molecule has 60 heavy (non-hydrogen) atoms. The third kappa shape index (κ3) is 4.11. The predicted octanol–water partition coefficient (Wildman–Crippen LogP) is 15.2. The van der Waals surface area contributed by atoms with E-state index in [1.807, 2.05) is 0 Å². The van der Waals surface area contributed by atoms with Crippen molar-refractivity contribution in [1.29, 1.82) is 0 Å². The van der Waals surface area contributed by atoms with Crippen molar-refractivity contribution in [2.75, 3.05) is 4.90 Å². The van der Waals surface area contributed by atoms with Crippen molar-refractivity contribution in [3.8, 4) is 33.4 Å². The Bertz CT molecular complexity index is 2950. The zero-order valence-corrected chi connectivity index (χ0v) is 35.4. The van der Waals surface area contributed by atoms with Gasteiger partial charge in [0, 0.05) is 16.8 Å². The monoisotopic (exact) mass is 775 g/mol. The van der Waals surface area contributed by atoms with Crippen LogP contribution >= 0.6 is 0 Å². The van der Waals surface area contributed by atoms with Crippen LogP contribution in [-0.2, 0) is 16.2 Å². The van der Waals surface area contributed by atoms with E-state index in [-0.39, 0.29) is 16.2 Å². The molecule has 8 atom stereocenters. The van der Waals surface area contributed by atoms with Crippen LogP contribution in [0.2, 0.25) is 0 Å². The smallest absolute Gasteiger partial charge is 0.0502 e. The lowest BCUT2D eigenvalue weighted by molar-refractivity contribution is -0.106. The topological polar surface area (TPSA) is 3.24 Å². The summed E-state index contributed by atoms with van der Waals surface area (Å²) in [4.78, 5) is 2.62. The number of anilines is 3. The quantitative estimate of drug-likeness (QED) is 0.168. The van der Waals surface area contributed by atoms with E-state index in [1.54, 1.807) is 11.1 Å². The third-order valence-corrected chi connectivity index (χ3v) is 18.3. The first kappa shape index (κ1) is 34.3. The van der Waals surface area contributed by atoms with Crippen molar-refractivity contribution in [3.05, 3.63) is 174 Å². The molecule has 7 aliphatic carbocycles. The lowest BCUT2D eigenvalue weighted by Gasteiger charge is -2.66. The molecule has 0 radical (unpaired) electrons. The van der Waals surface area contributed by atoms with E-state index in [9.17, 15) is 0 Å². The van der Waals surface area contributed by atoms with Gasteiger partial charge in [0.15, 0.2) is 0 Å². The zero-order chi connectivity index (χ0) is 39.9. The minimum absolute atomic E-state index is 0.0586. The normalized spacial score (nSPS) is 30.7. The van der Waals surface area contributed by atoms with Crippen molar-refractivity contribution in [2.24, 2.45) is 40.9 Å². The van der Waals surface area contributed by atoms with Crippen molar-refractivity contribution in [1.82, 2.24) is 0 Å². The maximum atomic E-state index is 2.62. The SMILES string of the molecule is CC1(C)CCC(C)(C)c2c(N(c3ccc(-c4ccc(-c5ccc6ccccc6c5)cc4)cc3)c3ccc4c(c3)-c3ccccc3C43C4CC5CC46C4C(CC36)C54)cccc21. The molecule has 1 nitrogen and oxygen atoms in total. The molecule has 14 rings (SSSR count). The molecule has 5 saturated carbocycles. The van der Waals surface area contributed by atoms with Crippen LogP contribution in [0.25, 0.3) is 44.2 Å². The van der Waals surface area contributed by atoms with Crippen LogP contribution in [0.5, 0.6) is 0 Å². The second-order valence-electron chi connectivity index (χ2n) is 21.6. The van der Waals surface area contributed by atoms with Gasteiger partial charge in [0.25, 0.3) is 0 Å². The molecule has 7 aromatic carbocycles. The first-order chi connectivity index (χ1) is 29.2. The van der Waals surface area contributed by atoms with Gasteiger partial charge in [-0.15, -0.1) is 0 Å². The minimum atomic E-state index is 0.0586. The molecule has 0 saturated heterocycles. The molecule has 7 aromatic rings. The second-order valence-corrected chi connectivity index (χ2v) is 21.6. The Kier molecular flexibility index (Phi) is 6.46. The van der Waals surface area contributed by atoms with Gasteiger partial charge in [-0.05, 0) is 187 Å². The fraction of sp³-hybridized carbons (Fsp3) is 0.322. The first-order valence-electron chi connectivity index (χ1n) is 23.1. The van der Waals surface area contributed by atoms with Gasteiger partial charge in [-0.25, -0.2) is 0 Å². The number of nitrogens with zero attached hydrogens (tertiary/aromatic N) is 1. The maximum absolute atomic E-state index is 2.62. The van der Waals surface area contributed by atoms with E-state index in [0.717, 1.165) is 35.5 Å². The van der Waals surface area contributed by atoms with Crippen molar-refractivity contribution in [2.45, 2.75) is 76.0 Å². The van der Waals surface area contributed by atoms with E-state index < -0.39 is 0 Å². The predicted molar refractivity (Wildman–Crippen MR) is 248 cm³/mol. The Hall–Kier alpha value is -5.40. The standard InChI is InChI=1S/C59H53N/c1-56(2)28-29-57(3,4)55-49(56)14-9-15-50(55)60(42-24-22-37(23-25-42)36-16-18-38(19-17-36)40-21-20-35-10-5-6-11-39(35)30-40)43-26-27-48-45(32-43)44-12-7-8-13-47(44)59(48)51-31-41-34-58(51)52(59)33-46-53(41)54(46)58/h5-27,30,32,41,46,51-54H,28-29,31,33-34H2,1-4H3. The summed E-state index contributed by atoms with van der Waals surface area (Å²) in [5.41, 5.74) is 19.2. The highest BCUT2D eigenvalue weighted by Crippen LogP contribution is 2.95. The molecule has 2 spiro atoms. The van der Waals surface area contributed by atoms with Gasteiger partial charge in [-0.2, -0.15) is 0 Å². The third-order valence-electron chi connectivity index (χ3n) is 18.3. The van der Waals surface area contributed by atoms with E-state index >= 15 is 0 Å². The molecule has 8 unspecified atom stereocenters. The Labute approximate surface area is 355 Å². The van der Waals surface area contributed by atoms with Gasteiger partial charge in [-0.1, -0.05) is 143 Å². The summed E-state index contributed by atoms with van der Waals surface area (Å²) in [6.07, 6.45) is 6.87. The summed E-state index contributed by atoms with van der Waals surface area (Å²) in [6, 6.07) is 58.5. The summed E-state index contributed by atoms with van der Waals surface area (Å²) in [6.45, 7) is 9.87.